The second-order valence-electron chi connectivity index (χ2n) is 4.11. The van der Waals surface area contributed by atoms with E-state index in [0.29, 0.717) is 16.3 Å². The Morgan fingerprint density at radius 2 is 2.28 bits per heavy atom. The van der Waals surface area contributed by atoms with Crippen LogP contribution in [0.25, 0.3) is 0 Å². The van der Waals surface area contributed by atoms with Gasteiger partial charge in [-0.3, -0.25) is 4.79 Å². The molecule has 0 unspecified atom stereocenters. The monoisotopic (exact) mass is 316 g/mol. The number of carbonyl (C=O) groups excluding carboxylic acids is 1. The first-order valence-corrected chi connectivity index (χ1v) is 6.30. The molecule has 1 amide bonds. The summed E-state index contributed by atoms with van der Waals surface area (Å²) < 4.78 is 5.75. The summed E-state index contributed by atoms with van der Waals surface area (Å²) in [6.07, 6.45) is 1.60. The molecule has 6 nitrogen and oxygen atoms in total. The molecule has 1 aromatic heterocycles. The van der Waals surface area contributed by atoms with Crippen molar-refractivity contribution in [1.29, 1.82) is 0 Å². The summed E-state index contributed by atoms with van der Waals surface area (Å²) in [4.78, 5) is 21.6. The zero-order valence-corrected chi connectivity index (χ0v) is 12.5. The Labute approximate surface area is 115 Å². The van der Waals surface area contributed by atoms with Crippen LogP contribution in [0.3, 0.4) is 0 Å². The zero-order valence-electron chi connectivity index (χ0n) is 10.9. The van der Waals surface area contributed by atoms with Gasteiger partial charge in [0.05, 0.1) is 24.3 Å². The lowest BCUT2D eigenvalue weighted by Gasteiger charge is -2.18. The van der Waals surface area contributed by atoms with E-state index in [4.69, 9.17) is 4.74 Å². The van der Waals surface area contributed by atoms with Gasteiger partial charge in [0.15, 0.2) is 0 Å². The predicted octanol–water partition coefficient (Wildman–Crippen LogP) is 1.21. The number of aromatic nitrogens is 2. The first kappa shape index (κ1) is 14.7. The third-order valence-corrected chi connectivity index (χ3v) is 2.61. The summed E-state index contributed by atoms with van der Waals surface area (Å²) in [7, 11) is 3.28. The van der Waals surface area contributed by atoms with Gasteiger partial charge in [0.2, 0.25) is 17.7 Å². The van der Waals surface area contributed by atoms with Crippen molar-refractivity contribution in [2.75, 3.05) is 25.6 Å². The largest absolute Gasteiger partial charge is 0.480 e. The van der Waals surface area contributed by atoms with Crippen LogP contribution in [0.15, 0.2) is 10.7 Å². The first-order chi connectivity index (χ1) is 8.43. The molecule has 0 aliphatic heterocycles. The maximum atomic E-state index is 11.6. The number of ether oxygens (including phenoxy) is 1. The number of nitrogens with zero attached hydrogens (tertiary/aromatic N) is 3. The van der Waals surface area contributed by atoms with Gasteiger partial charge in [0.25, 0.3) is 0 Å². The second kappa shape index (κ2) is 6.53. The molecule has 1 N–H and O–H groups in total. The molecule has 0 aliphatic rings. The Kier molecular flexibility index (Phi) is 5.33. The minimum absolute atomic E-state index is 0.0713. The molecule has 0 radical (unpaired) electrons. The number of nitrogens with one attached hydrogen (secondary N) is 1. The first-order valence-electron chi connectivity index (χ1n) is 5.51. The van der Waals surface area contributed by atoms with Crippen molar-refractivity contribution in [1.82, 2.24) is 15.3 Å². The highest BCUT2D eigenvalue weighted by molar-refractivity contribution is 9.10. The van der Waals surface area contributed by atoms with Crippen LogP contribution >= 0.6 is 15.9 Å². The minimum atomic E-state index is -0.0713. The van der Waals surface area contributed by atoms with Gasteiger partial charge in [0.1, 0.15) is 0 Å². The lowest BCUT2D eigenvalue weighted by molar-refractivity contribution is -0.120. The predicted molar refractivity (Wildman–Crippen MR) is 72.8 cm³/mol. The van der Waals surface area contributed by atoms with Crippen molar-refractivity contribution in [3.63, 3.8) is 0 Å². The van der Waals surface area contributed by atoms with Crippen molar-refractivity contribution in [3.8, 4) is 5.88 Å². The third kappa shape index (κ3) is 4.14. The summed E-state index contributed by atoms with van der Waals surface area (Å²) in [5.41, 5.74) is 0. The van der Waals surface area contributed by atoms with E-state index in [0.717, 1.165) is 0 Å². The van der Waals surface area contributed by atoms with Gasteiger partial charge in [0, 0.05) is 13.1 Å². The Morgan fingerprint density at radius 3 is 2.83 bits per heavy atom. The number of methoxy groups -OCH3 is 1. The number of rotatable bonds is 5. The van der Waals surface area contributed by atoms with Gasteiger partial charge in [-0.25, -0.2) is 4.98 Å². The summed E-state index contributed by atoms with van der Waals surface area (Å²) in [6.45, 7) is 4.02. The fourth-order valence-electron chi connectivity index (χ4n) is 1.32. The van der Waals surface area contributed by atoms with E-state index < -0.39 is 0 Å². The van der Waals surface area contributed by atoms with E-state index >= 15 is 0 Å². The van der Waals surface area contributed by atoms with Gasteiger partial charge in [-0.1, -0.05) is 0 Å². The quantitative estimate of drug-likeness (QED) is 0.884. The average molecular weight is 317 g/mol. The molecule has 100 valence electrons. The molecule has 0 fully saturated rings. The highest BCUT2D eigenvalue weighted by Gasteiger charge is 2.12. The number of halogens is 1. The lowest BCUT2D eigenvalue weighted by Crippen LogP contribution is -2.39. The summed E-state index contributed by atoms with van der Waals surface area (Å²) in [5.74, 6) is 0.808. The van der Waals surface area contributed by atoms with Gasteiger partial charge in [-0.15, -0.1) is 0 Å². The number of anilines is 1. The van der Waals surface area contributed by atoms with Crippen LogP contribution in [0.2, 0.25) is 0 Å². The third-order valence-electron chi connectivity index (χ3n) is 2.06. The smallest absolute Gasteiger partial charge is 0.239 e. The summed E-state index contributed by atoms with van der Waals surface area (Å²) >= 11 is 3.28. The molecule has 0 saturated carbocycles. The standard InChI is InChI=1S/C11H17BrN4O2/c1-7(2)14-9(17)6-16(3)11-13-5-8(12)10(15-11)18-4/h5,7H,6H2,1-4H3,(H,14,17). The number of carbonyl (C=O) groups is 1. The van der Waals surface area contributed by atoms with Crippen LogP contribution < -0.4 is 15.0 Å². The zero-order chi connectivity index (χ0) is 13.7. The Hall–Kier alpha value is -1.37. The Bertz CT molecular complexity index is 426. The molecule has 0 aromatic carbocycles. The number of likely N-dealkylation sites (N-methyl/N-ethyl adjacent to an activating group) is 1. The van der Waals surface area contributed by atoms with Crippen LogP contribution in [0.1, 0.15) is 13.8 Å². The Balaban J connectivity index is 2.72. The molecule has 1 aromatic rings. The van der Waals surface area contributed by atoms with E-state index in [2.05, 4.69) is 31.2 Å². The molecule has 0 atom stereocenters. The molecule has 0 aliphatic carbocycles. The molecule has 18 heavy (non-hydrogen) atoms. The number of hydrogen-bond acceptors (Lipinski definition) is 5. The van der Waals surface area contributed by atoms with Crippen molar-refractivity contribution in [2.24, 2.45) is 0 Å². The second-order valence-corrected chi connectivity index (χ2v) is 4.96. The molecule has 0 bridgehead atoms. The van der Waals surface area contributed by atoms with E-state index in [9.17, 15) is 4.79 Å². The summed E-state index contributed by atoms with van der Waals surface area (Å²) in [6, 6.07) is 0.117. The van der Waals surface area contributed by atoms with Gasteiger partial charge in [-0.05, 0) is 29.8 Å². The van der Waals surface area contributed by atoms with Crippen molar-refractivity contribution >= 4 is 27.8 Å². The topological polar surface area (TPSA) is 67.3 Å². The lowest BCUT2D eigenvalue weighted by atomic mass is 10.4. The fourth-order valence-corrected chi connectivity index (χ4v) is 1.68. The normalized spacial score (nSPS) is 10.3. The highest BCUT2D eigenvalue weighted by Crippen LogP contribution is 2.22. The molecular weight excluding hydrogens is 300 g/mol. The van der Waals surface area contributed by atoms with Crippen LogP contribution in [-0.2, 0) is 4.79 Å². The van der Waals surface area contributed by atoms with E-state index in [1.54, 1.807) is 18.1 Å². The Morgan fingerprint density at radius 1 is 1.61 bits per heavy atom. The molecule has 1 rings (SSSR count). The average Bonchev–Trinajstić information content (AvgIpc) is 2.28. The maximum Gasteiger partial charge on any atom is 0.239 e. The van der Waals surface area contributed by atoms with E-state index in [-0.39, 0.29) is 18.5 Å². The maximum absolute atomic E-state index is 11.6. The van der Waals surface area contributed by atoms with Crippen LogP contribution in [-0.4, -0.2) is 42.6 Å². The van der Waals surface area contributed by atoms with Crippen LogP contribution in [0.5, 0.6) is 5.88 Å². The van der Waals surface area contributed by atoms with Crippen LogP contribution in [0.4, 0.5) is 5.95 Å². The van der Waals surface area contributed by atoms with Crippen molar-refractivity contribution in [2.45, 2.75) is 19.9 Å². The van der Waals surface area contributed by atoms with Gasteiger partial charge in [-0.2, -0.15) is 4.98 Å². The number of amides is 1. The number of hydrogen-bond donors (Lipinski definition) is 1. The van der Waals surface area contributed by atoms with Crippen molar-refractivity contribution in [3.05, 3.63) is 10.7 Å². The highest BCUT2D eigenvalue weighted by atomic mass is 79.9. The summed E-state index contributed by atoms with van der Waals surface area (Å²) in [5, 5.41) is 2.81. The SMILES string of the molecule is COc1nc(N(C)CC(=O)NC(C)C)ncc1Br. The van der Waals surface area contributed by atoms with Gasteiger partial charge >= 0.3 is 0 Å². The molecule has 1 heterocycles. The van der Waals surface area contributed by atoms with Gasteiger partial charge < -0.3 is 15.0 Å². The fraction of sp³-hybridized carbons (Fsp3) is 0.545. The van der Waals surface area contributed by atoms with E-state index in [1.807, 2.05) is 13.8 Å². The molecule has 0 saturated heterocycles. The molecule has 7 heteroatoms. The minimum Gasteiger partial charge on any atom is -0.480 e. The van der Waals surface area contributed by atoms with Crippen LogP contribution in [0, 0.1) is 0 Å². The van der Waals surface area contributed by atoms with Crippen molar-refractivity contribution < 1.29 is 9.53 Å². The molecular formula is C11H17BrN4O2. The molecule has 0 spiro atoms. The van der Waals surface area contributed by atoms with E-state index in [1.165, 1.54) is 7.11 Å².